The summed E-state index contributed by atoms with van der Waals surface area (Å²) in [6, 6.07) is 13.5. The molecule has 27 heavy (non-hydrogen) atoms. The first-order valence-corrected chi connectivity index (χ1v) is 8.66. The standard InChI is InChI=1S/C18H16ClN5O3/c19-17-22-15(20-11-13-7-4-8-25-13)14-16(23-17)24-18(21-14)27-10-9-26-12-5-2-1-3-6-12/h1-8H,9-11H2,(H2,20,21,22,23,24). The Kier molecular flexibility index (Phi) is 5.06. The van der Waals surface area contributed by atoms with Crippen molar-refractivity contribution in [2.45, 2.75) is 6.54 Å². The van der Waals surface area contributed by atoms with Crippen LogP contribution in [0.25, 0.3) is 11.2 Å². The molecule has 2 N–H and O–H groups in total. The smallest absolute Gasteiger partial charge is 0.296 e. The van der Waals surface area contributed by atoms with Crippen LogP contribution in [0.5, 0.6) is 11.8 Å². The minimum atomic E-state index is 0.104. The van der Waals surface area contributed by atoms with Gasteiger partial charge in [-0.1, -0.05) is 18.2 Å². The van der Waals surface area contributed by atoms with Crippen molar-refractivity contribution in [3.05, 3.63) is 59.8 Å². The Balaban J connectivity index is 1.41. The van der Waals surface area contributed by atoms with Gasteiger partial charge in [0.25, 0.3) is 6.01 Å². The molecule has 0 atom stereocenters. The number of ether oxygens (including phenoxy) is 2. The normalized spacial score (nSPS) is 10.9. The van der Waals surface area contributed by atoms with E-state index in [1.807, 2.05) is 42.5 Å². The molecule has 3 aromatic heterocycles. The molecule has 3 heterocycles. The number of rotatable bonds is 8. The van der Waals surface area contributed by atoms with Crippen LogP contribution >= 0.6 is 11.6 Å². The number of hydrogen-bond donors (Lipinski definition) is 2. The molecule has 1 aromatic carbocycles. The first-order chi connectivity index (χ1) is 13.3. The van der Waals surface area contributed by atoms with Crippen LogP contribution < -0.4 is 14.8 Å². The molecule has 0 bridgehead atoms. The summed E-state index contributed by atoms with van der Waals surface area (Å²) < 4.78 is 16.5. The molecule has 9 heteroatoms. The molecule has 0 aliphatic carbocycles. The minimum absolute atomic E-state index is 0.104. The molecule has 0 unspecified atom stereocenters. The Morgan fingerprint density at radius 3 is 2.67 bits per heavy atom. The van der Waals surface area contributed by atoms with Gasteiger partial charge in [0, 0.05) is 0 Å². The summed E-state index contributed by atoms with van der Waals surface area (Å²) in [5.41, 5.74) is 1.01. The number of fused-ring (bicyclic) bond motifs is 1. The van der Waals surface area contributed by atoms with E-state index in [2.05, 4.69) is 25.3 Å². The van der Waals surface area contributed by atoms with E-state index in [9.17, 15) is 0 Å². The first kappa shape index (κ1) is 17.2. The average molecular weight is 386 g/mol. The number of halogens is 1. The largest absolute Gasteiger partial charge is 0.490 e. The fourth-order valence-corrected chi connectivity index (χ4v) is 2.61. The molecule has 138 valence electrons. The third-order valence-corrected chi connectivity index (χ3v) is 3.81. The monoisotopic (exact) mass is 385 g/mol. The highest BCUT2D eigenvalue weighted by Gasteiger charge is 2.13. The summed E-state index contributed by atoms with van der Waals surface area (Å²) in [7, 11) is 0. The molecule has 0 radical (unpaired) electrons. The number of aromatic amines is 1. The second-order valence-corrected chi connectivity index (χ2v) is 5.86. The lowest BCUT2D eigenvalue weighted by molar-refractivity contribution is 0.208. The Morgan fingerprint density at radius 2 is 1.85 bits per heavy atom. The second-order valence-electron chi connectivity index (χ2n) is 5.52. The van der Waals surface area contributed by atoms with Crippen molar-refractivity contribution >= 4 is 28.6 Å². The summed E-state index contributed by atoms with van der Waals surface area (Å²) >= 11 is 5.99. The van der Waals surface area contributed by atoms with Crippen LogP contribution in [0.15, 0.2) is 53.1 Å². The van der Waals surface area contributed by atoms with Gasteiger partial charge in [-0.05, 0) is 35.9 Å². The summed E-state index contributed by atoms with van der Waals surface area (Å²) in [6.07, 6.45) is 1.61. The van der Waals surface area contributed by atoms with E-state index >= 15 is 0 Å². The number of H-pyrrole nitrogens is 1. The van der Waals surface area contributed by atoms with Crippen molar-refractivity contribution < 1.29 is 13.9 Å². The fraction of sp³-hybridized carbons (Fsp3) is 0.167. The highest BCUT2D eigenvalue weighted by molar-refractivity contribution is 6.28. The zero-order valence-corrected chi connectivity index (χ0v) is 14.9. The van der Waals surface area contributed by atoms with E-state index in [0.29, 0.717) is 42.8 Å². The molecule has 0 fully saturated rings. The van der Waals surface area contributed by atoms with Crippen LogP contribution in [-0.4, -0.2) is 33.1 Å². The Hall–Kier alpha value is -3.26. The Morgan fingerprint density at radius 1 is 1.00 bits per heavy atom. The lowest BCUT2D eigenvalue weighted by Gasteiger charge is -2.05. The average Bonchev–Trinajstić information content (AvgIpc) is 3.33. The van der Waals surface area contributed by atoms with Gasteiger partial charge in [-0.2, -0.15) is 15.0 Å². The lowest BCUT2D eigenvalue weighted by atomic mass is 10.3. The zero-order valence-electron chi connectivity index (χ0n) is 14.2. The first-order valence-electron chi connectivity index (χ1n) is 8.28. The van der Waals surface area contributed by atoms with Crippen LogP contribution in [0.2, 0.25) is 5.28 Å². The predicted octanol–water partition coefficient (Wildman–Crippen LogP) is 3.67. The Bertz CT molecular complexity index is 1000. The third-order valence-electron chi connectivity index (χ3n) is 3.64. The molecule has 4 rings (SSSR count). The van der Waals surface area contributed by atoms with Crippen LogP contribution in [0.1, 0.15) is 5.76 Å². The highest BCUT2D eigenvalue weighted by atomic mass is 35.5. The van der Waals surface area contributed by atoms with Crippen molar-refractivity contribution in [3.63, 3.8) is 0 Å². The van der Waals surface area contributed by atoms with E-state index in [1.54, 1.807) is 6.26 Å². The number of imidazole rings is 1. The number of benzene rings is 1. The quantitative estimate of drug-likeness (QED) is 0.352. The number of nitrogens with zero attached hydrogens (tertiary/aromatic N) is 3. The number of furan rings is 1. The van der Waals surface area contributed by atoms with Gasteiger partial charge in [0.1, 0.15) is 24.7 Å². The summed E-state index contributed by atoms with van der Waals surface area (Å²) in [5, 5.41) is 3.24. The molecule has 4 aromatic rings. The number of aromatic nitrogens is 4. The molecule has 0 aliphatic heterocycles. The van der Waals surface area contributed by atoms with Gasteiger partial charge in [0.05, 0.1) is 12.8 Å². The second kappa shape index (κ2) is 7.96. The maximum Gasteiger partial charge on any atom is 0.296 e. The van der Waals surface area contributed by atoms with Crippen LogP contribution in [-0.2, 0) is 6.54 Å². The highest BCUT2D eigenvalue weighted by Crippen LogP contribution is 2.23. The molecular formula is C18H16ClN5O3. The maximum atomic E-state index is 5.99. The van der Waals surface area contributed by atoms with E-state index in [0.717, 1.165) is 11.5 Å². The van der Waals surface area contributed by atoms with Crippen molar-refractivity contribution in [2.24, 2.45) is 0 Å². The molecule has 0 aliphatic rings. The molecule has 0 saturated carbocycles. The van der Waals surface area contributed by atoms with Gasteiger partial charge in [-0.25, -0.2) is 0 Å². The fourth-order valence-electron chi connectivity index (χ4n) is 2.44. The molecule has 0 spiro atoms. The lowest BCUT2D eigenvalue weighted by Crippen LogP contribution is -2.09. The van der Waals surface area contributed by atoms with Gasteiger partial charge in [-0.15, -0.1) is 0 Å². The summed E-state index contributed by atoms with van der Waals surface area (Å²) in [5.74, 6) is 2.05. The van der Waals surface area contributed by atoms with Crippen LogP contribution in [0.4, 0.5) is 5.82 Å². The summed E-state index contributed by atoms with van der Waals surface area (Å²) in [6.45, 7) is 1.16. The number of hydrogen-bond acceptors (Lipinski definition) is 7. The van der Waals surface area contributed by atoms with Crippen molar-refractivity contribution in [1.29, 1.82) is 0 Å². The third kappa shape index (κ3) is 4.29. The maximum absolute atomic E-state index is 5.99. The van der Waals surface area contributed by atoms with E-state index in [-0.39, 0.29) is 5.28 Å². The SMILES string of the molecule is Clc1nc(NCc2ccco2)c2nc(OCCOc3ccccc3)[nH]c2n1. The van der Waals surface area contributed by atoms with Crippen LogP contribution in [0, 0.1) is 0 Å². The number of para-hydroxylation sites is 1. The zero-order chi connectivity index (χ0) is 18.5. The van der Waals surface area contributed by atoms with Gasteiger partial charge < -0.3 is 19.2 Å². The van der Waals surface area contributed by atoms with Gasteiger partial charge in [0.15, 0.2) is 17.0 Å². The predicted molar refractivity (Wildman–Crippen MR) is 100 cm³/mol. The van der Waals surface area contributed by atoms with Gasteiger partial charge in [-0.3, -0.25) is 4.98 Å². The van der Waals surface area contributed by atoms with Crippen molar-refractivity contribution in [2.75, 3.05) is 18.5 Å². The van der Waals surface area contributed by atoms with Gasteiger partial charge in [0.2, 0.25) is 5.28 Å². The van der Waals surface area contributed by atoms with Gasteiger partial charge >= 0.3 is 0 Å². The molecular weight excluding hydrogens is 370 g/mol. The van der Waals surface area contributed by atoms with Crippen molar-refractivity contribution in [1.82, 2.24) is 19.9 Å². The number of nitrogens with one attached hydrogen (secondary N) is 2. The van der Waals surface area contributed by atoms with Crippen molar-refractivity contribution in [3.8, 4) is 11.8 Å². The molecule has 0 amide bonds. The summed E-state index contributed by atoms with van der Waals surface area (Å²) in [4.78, 5) is 15.7. The minimum Gasteiger partial charge on any atom is -0.490 e. The topological polar surface area (TPSA) is 98.1 Å². The number of anilines is 1. The van der Waals surface area contributed by atoms with E-state index in [1.165, 1.54) is 0 Å². The Labute approximate surface area is 159 Å². The molecule has 8 nitrogen and oxygen atoms in total. The van der Waals surface area contributed by atoms with E-state index < -0.39 is 0 Å². The van der Waals surface area contributed by atoms with Crippen LogP contribution in [0.3, 0.4) is 0 Å². The van der Waals surface area contributed by atoms with E-state index in [4.69, 9.17) is 25.5 Å². The molecule has 0 saturated heterocycles.